The normalized spacial score (nSPS) is 13.0. The van der Waals surface area contributed by atoms with Crippen LogP contribution in [0.15, 0.2) is 60.7 Å². The van der Waals surface area contributed by atoms with Crippen molar-refractivity contribution in [1.29, 1.82) is 0 Å². The van der Waals surface area contributed by atoms with E-state index >= 15 is 0 Å². The van der Waals surface area contributed by atoms with Crippen LogP contribution < -0.4 is 5.73 Å². The van der Waals surface area contributed by atoms with Crippen LogP contribution in [0.4, 0.5) is 0 Å². The van der Waals surface area contributed by atoms with Gasteiger partial charge in [0.15, 0.2) is 0 Å². The van der Waals surface area contributed by atoms with E-state index in [1.54, 1.807) is 0 Å². The second-order valence-corrected chi connectivity index (χ2v) is 4.76. The van der Waals surface area contributed by atoms with Gasteiger partial charge in [0.25, 0.3) is 0 Å². The van der Waals surface area contributed by atoms with Gasteiger partial charge >= 0.3 is 0 Å². The van der Waals surface area contributed by atoms with Gasteiger partial charge in [-0.15, -0.1) is 24.8 Å². The second-order valence-electron chi connectivity index (χ2n) is 4.76. The van der Waals surface area contributed by atoms with Crippen molar-refractivity contribution in [2.45, 2.75) is 12.1 Å². The maximum atomic E-state index is 6.43. The summed E-state index contributed by atoms with van der Waals surface area (Å²) < 4.78 is 0. The quantitative estimate of drug-likeness (QED) is 0.929. The van der Waals surface area contributed by atoms with Crippen molar-refractivity contribution in [3.63, 3.8) is 0 Å². The number of benzene rings is 2. The third-order valence-corrected chi connectivity index (χ3v) is 3.22. The largest absolute Gasteiger partial charge is 0.322 e. The molecule has 0 unspecified atom stereocenters. The third-order valence-electron chi connectivity index (χ3n) is 3.22. The van der Waals surface area contributed by atoms with Gasteiger partial charge < -0.3 is 10.6 Å². The van der Waals surface area contributed by atoms with Gasteiger partial charge in [-0.25, -0.2) is 0 Å². The van der Waals surface area contributed by atoms with Gasteiger partial charge in [-0.2, -0.15) is 0 Å². The topological polar surface area (TPSA) is 29.3 Å². The molecule has 0 saturated heterocycles. The molecule has 2 N–H and O–H groups in total. The van der Waals surface area contributed by atoms with Crippen LogP contribution in [0.25, 0.3) is 0 Å². The van der Waals surface area contributed by atoms with Gasteiger partial charge in [0, 0.05) is 6.04 Å². The Balaban J connectivity index is 0.00000180. The summed E-state index contributed by atoms with van der Waals surface area (Å²) in [5, 5.41) is 0. The Labute approximate surface area is 133 Å². The first-order valence-corrected chi connectivity index (χ1v) is 6.22. The molecule has 20 heavy (non-hydrogen) atoms. The SMILES string of the molecule is CN(C)[C@@H](c1ccccc1)[C@@H](N)c1ccccc1.Cl.Cl. The van der Waals surface area contributed by atoms with Crippen LogP contribution in [0.2, 0.25) is 0 Å². The molecule has 2 aromatic rings. The molecule has 0 amide bonds. The summed E-state index contributed by atoms with van der Waals surface area (Å²) in [5.41, 5.74) is 8.85. The van der Waals surface area contributed by atoms with E-state index < -0.39 is 0 Å². The summed E-state index contributed by atoms with van der Waals surface area (Å²) in [6.07, 6.45) is 0. The molecule has 0 aromatic heterocycles. The van der Waals surface area contributed by atoms with Crippen LogP contribution in [0.3, 0.4) is 0 Å². The highest BCUT2D eigenvalue weighted by atomic mass is 35.5. The molecule has 0 spiro atoms. The van der Waals surface area contributed by atoms with E-state index in [1.165, 1.54) is 11.1 Å². The van der Waals surface area contributed by atoms with Crippen molar-refractivity contribution in [2.24, 2.45) is 5.73 Å². The third kappa shape index (κ3) is 4.50. The highest BCUT2D eigenvalue weighted by Crippen LogP contribution is 2.30. The molecule has 0 fully saturated rings. The standard InChI is InChI=1S/C16H20N2.2ClH/c1-18(2)16(14-11-7-4-8-12-14)15(17)13-9-5-3-6-10-13;;/h3-12,15-16H,17H2,1-2H3;2*1H/t15-,16-;;/m0../s1. The van der Waals surface area contributed by atoms with Crippen molar-refractivity contribution in [1.82, 2.24) is 4.90 Å². The molecule has 0 aliphatic carbocycles. The number of nitrogens with zero attached hydrogens (tertiary/aromatic N) is 1. The van der Waals surface area contributed by atoms with Crippen molar-refractivity contribution in [3.05, 3.63) is 71.8 Å². The smallest absolute Gasteiger partial charge is 0.0536 e. The first kappa shape index (κ1) is 18.9. The average Bonchev–Trinajstić information content (AvgIpc) is 2.40. The predicted octanol–water partition coefficient (Wildman–Crippen LogP) is 3.83. The maximum absolute atomic E-state index is 6.43. The lowest BCUT2D eigenvalue weighted by Gasteiger charge is -2.30. The number of nitrogens with two attached hydrogens (primary N) is 1. The van der Waals surface area contributed by atoms with Crippen LogP contribution in [0.5, 0.6) is 0 Å². The van der Waals surface area contributed by atoms with Crippen LogP contribution >= 0.6 is 24.8 Å². The maximum Gasteiger partial charge on any atom is 0.0536 e. The fourth-order valence-electron chi connectivity index (χ4n) is 2.33. The number of rotatable bonds is 4. The first-order chi connectivity index (χ1) is 8.70. The van der Waals surface area contributed by atoms with Gasteiger partial charge in [0.2, 0.25) is 0 Å². The number of hydrogen-bond acceptors (Lipinski definition) is 2. The highest BCUT2D eigenvalue weighted by Gasteiger charge is 2.22. The van der Waals surface area contributed by atoms with E-state index in [0.29, 0.717) is 0 Å². The van der Waals surface area contributed by atoms with Crippen LogP contribution in [0.1, 0.15) is 23.2 Å². The summed E-state index contributed by atoms with van der Waals surface area (Å²) in [6.45, 7) is 0. The van der Waals surface area contributed by atoms with E-state index in [1.807, 2.05) is 24.3 Å². The number of halogens is 2. The van der Waals surface area contributed by atoms with Crippen LogP contribution in [-0.2, 0) is 0 Å². The predicted molar refractivity (Wildman–Crippen MR) is 90.7 cm³/mol. The van der Waals surface area contributed by atoms with E-state index in [2.05, 4.69) is 55.4 Å². The minimum Gasteiger partial charge on any atom is -0.322 e. The Morgan fingerprint density at radius 3 is 1.55 bits per heavy atom. The zero-order valence-electron chi connectivity index (χ0n) is 11.8. The summed E-state index contributed by atoms with van der Waals surface area (Å²) in [7, 11) is 4.14. The molecule has 0 bridgehead atoms. The molecule has 2 rings (SSSR count). The zero-order valence-corrected chi connectivity index (χ0v) is 13.4. The van der Waals surface area contributed by atoms with Crippen LogP contribution in [0, 0.1) is 0 Å². The second kappa shape index (κ2) is 8.98. The molecular formula is C16H22Cl2N2. The zero-order chi connectivity index (χ0) is 13.0. The van der Waals surface area contributed by atoms with E-state index in [0.717, 1.165) is 0 Å². The summed E-state index contributed by atoms with van der Waals surface area (Å²) >= 11 is 0. The Morgan fingerprint density at radius 2 is 1.15 bits per heavy atom. The molecule has 0 saturated carbocycles. The molecule has 0 heterocycles. The van der Waals surface area contributed by atoms with Gasteiger partial charge in [-0.3, -0.25) is 0 Å². The molecule has 4 heteroatoms. The molecule has 2 nitrogen and oxygen atoms in total. The summed E-state index contributed by atoms with van der Waals surface area (Å²) in [4.78, 5) is 2.17. The molecule has 2 atom stereocenters. The first-order valence-electron chi connectivity index (χ1n) is 6.22. The van der Waals surface area contributed by atoms with Gasteiger partial charge in [0.1, 0.15) is 0 Å². The monoisotopic (exact) mass is 312 g/mol. The summed E-state index contributed by atoms with van der Waals surface area (Å²) in [5.74, 6) is 0. The Bertz CT molecular complexity index is 474. The lowest BCUT2D eigenvalue weighted by atomic mass is 9.93. The minimum atomic E-state index is -0.0244. The Morgan fingerprint density at radius 1 is 0.750 bits per heavy atom. The molecule has 0 radical (unpaired) electrons. The average molecular weight is 313 g/mol. The lowest BCUT2D eigenvalue weighted by molar-refractivity contribution is 0.259. The molecule has 0 aliphatic rings. The van der Waals surface area contributed by atoms with Gasteiger partial charge in [-0.1, -0.05) is 60.7 Å². The van der Waals surface area contributed by atoms with Gasteiger partial charge in [0.05, 0.1) is 6.04 Å². The minimum absolute atomic E-state index is 0. The highest BCUT2D eigenvalue weighted by molar-refractivity contribution is 5.85. The molecule has 110 valence electrons. The van der Waals surface area contributed by atoms with Crippen molar-refractivity contribution >= 4 is 24.8 Å². The van der Waals surface area contributed by atoms with Crippen molar-refractivity contribution in [3.8, 4) is 0 Å². The van der Waals surface area contributed by atoms with E-state index in [-0.39, 0.29) is 36.9 Å². The van der Waals surface area contributed by atoms with E-state index in [4.69, 9.17) is 5.73 Å². The Kier molecular flexibility index (Phi) is 8.51. The molecule has 2 aromatic carbocycles. The van der Waals surface area contributed by atoms with Crippen molar-refractivity contribution in [2.75, 3.05) is 14.1 Å². The number of likely N-dealkylation sites (N-methyl/N-ethyl adjacent to an activating group) is 1. The Hall–Kier alpha value is -1.06. The van der Waals surface area contributed by atoms with Crippen LogP contribution in [-0.4, -0.2) is 19.0 Å². The fraction of sp³-hybridized carbons (Fsp3) is 0.250. The van der Waals surface area contributed by atoms with E-state index in [9.17, 15) is 0 Å². The number of hydrogen-bond donors (Lipinski definition) is 1. The molecular weight excluding hydrogens is 291 g/mol. The molecule has 0 aliphatic heterocycles. The lowest BCUT2D eigenvalue weighted by Crippen LogP contribution is -2.31. The summed E-state index contributed by atoms with van der Waals surface area (Å²) in [6, 6.07) is 20.8. The van der Waals surface area contributed by atoms with Gasteiger partial charge in [-0.05, 0) is 25.2 Å². The fourth-order valence-corrected chi connectivity index (χ4v) is 2.33. The van der Waals surface area contributed by atoms with Crippen molar-refractivity contribution < 1.29 is 0 Å².